The van der Waals surface area contributed by atoms with E-state index in [4.69, 9.17) is 0 Å². The molecule has 4 heteroatoms. The van der Waals surface area contributed by atoms with Crippen LogP contribution in [0.1, 0.15) is 26.2 Å². The lowest BCUT2D eigenvalue weighted by molar-refractivity contribution is -0.147. The van der Waals surface area contributed by atoms with Gasteiger partial charge < -0.3 is 9.64 Å². The van der Waals surface area contributed by atoms with Crippen LogP contribution < -0.4 is 0 Å². The van der Waals surface area contributed by atoms with Crippen molar-refractivity contribution >= 4 is 11.9 Å². The van der Waals surface area contributed by atoms with Crippen LogP contribution in [0.5, 0.6) is 0 Å². The van der Waals surface area contributed by atoms with Gasteiger partial charge in [0, 0.05) is 19.5 Å². The molecule has 0 aromatic rings. The number of nitrogens with zero attached hydrogens (tertiary/aromatic N) is 1. The fraction of sp³-hybridized carbons (Fsp3) is 0.818. The van der Waals surface area contributed by atoms with Gasteiger partial charge >= 0.3 is 5.97 Å². The second kappa shape index (κ2) is 5.14. The molecule has 0 bridgehead atoms. The molecule has 0 aliphatic heterocycles. The van der Waals surface area contributed by atoms with Crippen molar-refractivity contribution in [2.24, 2.45) is 11.8 Å². The van der Waals surface area contributed by atoms with Crippen molar-refractivity contribution in [3.05, 3.63) is 0 Å². The van der Waals surface area contributed by atoms with E-state index in [9.17, 15) is 9.59 Å². The molecule has 1 atom stereocenters. The molecule has 0 spiro atoms. The average molecular weight is 213 g/mol. The quantitative estimate of drug-likeness (QED) is 0.656. The van der Waals surface area contributed by atoms with Gasteiger partial charge in [-0.25, -0.2) is 0 Å². The van der Waals surface area contributed by atoms with E-state index >= 15 is 0 Å². The second-order valence-electron chi connectivity index (χ2n) is 4.27. The van der Waals surface area contributed by atoms with Gasteiger partial charge in [0.25, 0.3) is 0 Å². The Labute approximate surface area is 90.6 Å². The zero-order valence-corrected chi connectivity index (χ0v) is 9.66. The molecule has 1 rings (SSSR count). The minimum Gasteiger partial charge on any atom is -0.469 e. The standard InChI is InChI=1S/C11H19NO3/c1-8(11(14)15-3)7-12(2)10(13)9-5-4-6-9/h8-9H,4-7H2,1-3H3. The van der Waals surface area contributed by atoms with E-state index in [0.717, 1.165) is 19.3 Å². The highest BCUT2D eigenvalue weighted by molar-refractivity contribution is 5.80. The van der Waals surface area contributed by atoms with Gasteiger partial charge in [0.15, 0.2) is 0 Å². The van der Waals surface area contributed by atoms with Crippen molar-refractivity contribution in [2.75, 3.05) is 20.7 Å². The number of hydrogen-bond donors (Lipinski definition) is 0. The summed E-state index contributed by atoms with van der Waals surface area (Å²) in [4.78, 5) is 24.6. The molecular weight excluding hydrogens is 194 g/mol. The topological polar surface area (TPSA) is 46.6 Å². The van der Waals surface area contributed by atoms with Crippen LogP contribution in [0, 0.1) is 11.8 Å². The maximum Gasteiger partial charge on any atom is 0.310 e. The molecule has 15 heavy (non-hydrogen) atoms. The number of carbonyl (C=O) groups is 2. The summed E-state index contributed by atoms with van der Waals surface area (Å²) in [5.41, 5.74) is 0. The summed E-state index contributed by atoms with van der Waals surface area (Å²) < 4.78 is 4.62. The fourth-order valence-corrected chi connectivity index (χ4v) is 1.74. The van der Waals surface area contributed by atoms with Crippen LogP contribution in [-0.2, 0) is 14.3 Å². The Morgan fingerprint density at radius 1 is 1.47 bits per heavy atom. The smallest absolute Gasteiger partial charge is 0.310 e. The lowest BCUT2D eigenvalue weighted by Crippen LogP contribution is -2.40. The molecule has 1 saturated carbocycles. The summed E-state index contributed by atoms with van der Waals surface area (Å²) in [6.07, 6.45) is 3.14. The van der Waals surface area contributed by atoms with Crippen LogP contribution >= 0.6 is 0 Å². The van der Waals surface area contributed by atoms with Crippen LogP contribution in [-0.4, -0.2) is 37.5 Å². The van der Waals surface area contributed by atoms with Crippen LogP contribution in [0.15, 0.2) is 0 Å². The highest BCUT2D eigenvalue weighted by Gasteiger charge is 2.29. The molecule has 0 aromatic carbocycles. The summed E-state index contributed by atoms with van der Waals surface area (Å²) in [5, 5.41) is 0. The maximum atomic E-state index is 11.7. The Bertz CT molecular complexity index is 248. The van der Waals surface area contributed by atoms with Crippen LogP contribution in [0.25, 0.3) is 0 Å². The predicted molar refractivity (Wildman–Crippen MR) is 56.2 cm³/mol. The normalized spacial score (nSPS) is 17.8. The molecule has 0 radical (unpaired) electrons. The van der Waals surface area contributed by atoms with E-state index in [1.54, 1.807) is 18.9 Å². The first-order valence-corrected chi connectivity index (χ1v) is 5.39. The summed E-state index contributed by atoms with van der Waals surface area (Å²) >= 11 is 0. The molecule has 86 valence electrons. The van der Waals surface area contributed by atoms with Crippen LogP contribution in [0.3, 0.4) is 0 Å². The Morgan fingerprint density at radius 3 is 2.47 bits per heavy atom. The Hall–Kier alpha value is -1.06. The van der Waals surface area contributed by atoms with E-state index in [1.165, 1.54) is 7.11 Å². The molecule has 1 amide bonds. The number of amides is 1. The van der Waals surface area contributed by atoms with Crippen molar-refractivity contribution in [1.82, 2.24) is 4.90 Å². The lowest BCUT2D eigenvalue weighted by atomic mass is 9.84. The number of methoxy groups -OCH3 is 1. The van der Waals surface area contributed by atoms with E-state index in [-0.39, 0.29) is 23.7 Å². The monoisotopic (exact) mass is 213 g/mol. The van der Waals surface area contributed by atoms with Gasteiger partial charge in [-0.15, -0.1) is 0 Å². The van der Waals surface area contributed by atoms with Gasteiger partial charge in [0.05, 0.1) is 13.0 Å². The molecule has 1 unspecified atom stereocenters. The molecule has 1 fully saturated rings. The van der Waals surface area contributed by atoms with Crippen molar-refractivity contribution < 1.29 is 14.3 Å². The van der Waals surface area contributed by atoms with Gasteiger partial charge in [0.1, 0.15) is 0 Å². The Kier molecular flexibility index (Phi) is 4.12. The third-order valence-electron chi connectivity index (χ3n) is 2.98. The predicted octanol–water partition coefficient (Wildman–Crippen LogP) is 1.05. The third kappa shape index (κ3) is 2.94. The third-order valence-corrected chi connectivity index (χ3v) is 2.98. The van der Waals surface area contributed by atoms with E-state index in [1.807, 2.05) is 0 Å². The van der Waals surface area contributed by atoms with Gasteiger partial charge in [-0.05, 0) is 12.8 Å². The molecule has 1 aliphatic carbocycles. The molecule has 0 saturated heterocycles. The zero-order chi connectivity index (χ0) is 11.4. The van der Waals surface area contributed by atoms with Gasteiger partial charge in [-0.2, -0.15) is 0 Å². The number of ether oxygens (including phenoxy) is 1. The fourth-order valence-electron chi connectivity index (χ4n) is 1.74. The van der Waals surface area contributed by atoms with Crippen molar-refractivity contribution in [1.29, 1.82) is 0 Å². The molecule has 0 N–H and O–H groups in total. The first-order valence-electron chi connectivity index (χ1n) is 5.39. The van der Waals surface area contributed by atoms with Gasteiger partial charge in [0.2, 0.25) is 5.91 Å². The van der Waals surface area contributed by atoms with E-state index < -0.39 is 0 Å². The largest absolute Gasteiger partial charge is 0.469 e. The first kappa shape index (κ1) is 12.0. The van der Waals surface area contributed by atoms with Gasteiger partial charge in [-0.3, -0.25) is 9.59 Å². The first-order chi connectivity index (χ1) is 7.06. The number of hydrogen-bond acceptors (Lipinski definition) is 3. The highest BCUT2D eigenvalue weighted by atomic mass is 16.5. The number of rotatable bonds is 4. The summed E-state index contributed by atoms with van der Waals surface area (Å²) in [6, 6.07) is 0. The molecule has 0 aromatic heterocycles. The minimum atomic E-state index is -0.261. The van der Waals surface area contributed by atoms with Crippen molar-refractivity contribution in [3.63, 3.8) is 0 Å². The average Bonchev–Trinajstić information content (AvgIpc) is 2.13. The van der Waals surface area contributed by atoms with E-state index in [2.05, 4.69) is 4.74 Å². The second-order valence-corrected chi connectivity index (χ2v) is 4.27. The maximum absolute atomic E-state index is 11.7. The summed E-state index contributed by atoms with van der Waals surface area (Å²) in [6.45, 7) is 2.22. The Balaban J connectivity index is 2.36. The molecule has 1 aliphatic rings. The SMILES string of the molecule is COC(=O)C(C)CN(C)C(=O)C1CCC1. The van der Waals surface area contributed by atoms with Crippen LogP contribution in [0.4, 0.5) is 0 Å². The zero-order valence-electron chi connectivity index (χ0n) is 9.66. The highest BCUT2D eigenvalue weighted by Crippen LogP contribution is 2.28. The van der Waals surface area contributed by atoms with Gasteiger partial charge in [-0.1, -0.05) is 13.3 Å². The summed E-state index contributed by atoms with van der Waals surface area (Å²) in [5.74, 6) is -0.149. The summed E-state index contributed by atoms with van der Waals surface area (Å²) in [7, 11) is 3.12. The molecular formula is C11H19NO3. The lowest BCUT2D eigenvalue weighted by Gasteiger charge is -2.30. The van der Waals surface area contributed by atoms with E-state index in [0.29, 0.717) is 6.54 Å². The number of esters is 1. The minimum absolute atomic E-state index is 0.164. The number of carbonyl (C=O) groups excluding carboxylic acids is 2. The van der Waals surface area contributed by atoms with Crippen molar-refractivity contribution in [3.8, 4) is 0 Å². The van der Waals surface area contributed by atoms with Crippen molar-refractivity contribution in [2.45, 2.75) is 26.2 Å². The van der Waals surface area contributed by atoms with Crippen LogP contribution in [0.2, 0.25) is 0 Å². The molecule has 4 nitrogen and oxygen atoms in total. The Morgan fingerprint density at radius 2 is 2.07 bits per heavy atom. The molecule has 0 heterocycles.